The van der Waals surface area contributed by atoms with Gasteiger partial charge in [0.1, 0.15) is 0 Å². The summed E-state index contributed by atoms with van der Waals surface area (Å²) in [5.74, 6) is 0. The van der Waals surface area contributed by atoms with Gasteiger partial charge in [0.15, 0.2) is 0 Å². The van der Waals surface area contributed by atoms with Crippen molar-refractivity contribution in [2.45, 2.75) is 20.0 Å². The molecular weight excluding hydrogens is 267 g/mol. The summed E-state index contributed by atoms with van der Waals surface area (Å²) in [6.07, 6.45) is -0.296. The Morgan fingerprint density at radius 1 is 1.56 bits per heavy atom. The molecule has 0 aliphatic heterocycles. The van der Waals surface area contributed by atoms with E-state index in [0.717, 1.165) is 6.66 Å². The van der Waals surface area contributed by atoms with Gasteiger partial charge in [-0.2, -0.15) is 4.20 Å². The Balaban J connectivity index is 0. The maximum absolute atomic E-state index is 12.0. The molecule has 1 atom stereocenters. The van der Waals surface area contributed by atoms with Gasteiger partial charge in [-0.15, -0.1) is 0 Å². The van der Waals surface area contributed by atoms with Gasteiger partial charge in [0.2, 0.25) is 0 Å². The molecule has 0 bridgehead atoms. The minimum absolute atomic E-state index is 0. The maximum Gasteiger partial charge on any atom is 0.364 e. The topological polar surface area (TPSA) is 26.3 Å². The van der Waals surface area contributed by atoms with Crippen molar-refractivity contribution in [2.24, 2.45) is 0 Å². The molecule has 9 heavy (non-hydrogen) atoms. The molecule has 0 aromatic carbocycles. The molecule has 2 nitrogen and oxygen atoms in total. The molecule has 5 heteroatoms. The van der Waals surface area contributed by atoms with Crippen LogP contribution in [-0.4, -0.2) is 61.6 Å². The van der Waals surface area contributed by atoms with Crippen molar-refractivity contribution < 1.29 is 13.3 Å². The van der Waals surface area contributed by atoms with Gasteiger partial charge in [-0.25, -0.2) is 0 Å². The predicted molar refractivity (Wildman–Crippen MR) is 36.6 cm³/mol. The average Bonchev–Trinajstić information content (AvgIpc) is 1.21. The van der Waals surface area contributed by atoms with Gasteiger partial charge in [0.05, 0.1) is 6.10 Å². The first-order valence-corrected chi connectivity index (χ1v) is 4.33. The monoisotopic (exact) mass is 278 g/mol. The van der Waals surface area contributed by atoms with Crippen LogP contribution in [0.25, 0.3) is 0 Å². The molecule has 0 aromatic heterocycles. The molecule has 0 saturated carbocycles. The van der Waals surface area contributed by atoms with Crippen LogP contribution in [0.2, 0.25) is 0 Å². The molecule has 52 valence electrons. The molecule has 0 heterocycles. The van der Waals surface area contributed by atoms with Crippen molar-refractivity contribution >= 4 is 56.6 Å². The smallest absolute Gasteiger partial charge is 0.303 e. The van der Waals surface area contributed by atoms with Crippen molar-refractivity contribution in [2.75, 3.05) is 6.66 Å². The minimum atomic E-state index is -3.72. The summed E-state index contributed by atoms with van der Waals surface area (Å²) >= 11 is 0. The molecule has 0 amide bonds. The fourth-order valence-electron chi connectivity index (χ4n) is 0.377. The number of hydrogen-bond acceptors (Lipinski definition) is 2. The van der Waals surface area contributed by atoms with Crippen molar-refractivity contribution in [1.29, 1.82) is 0 Å². The average molecular weight is 277 g/mol. The summed E-state index contributed by atoms with van der Waals surface area (Å²) in [5.41, 5.74) is 0. The zero-order valence-corrected chi connectivity index (χ0v) is 11.3. The third-order valence-corrected chi connectivity index (χ3v) is 1.20. The van der Waals surface area contributed by atoms with E-state index in [9.17, 15) is 8.76 Å². The molecule has 0 aliphatic carbocycles. The van der Waals surface area contributed by atoms with Gasteiger partial charge >= 0.3 is 7.68 Å². The van der Waals surface area contributed by atoms with E-state index in [-0.39, 0.29) is 55.0 Å². The summed E-state index contributed by atoms with van der Waals surface area (Å²) in [5, 5.41) is 0. The molecule has 0 fully saturated rings. The van der Waals surface area contributed by atoms with Crippen molar-refractivity contribution in [3.63, 3.8) is 0 Å². The maximum atomic E-state index is 12.0. The van der Waals surface area contributed by atoms with Crippen LogP contribution in [0.4, 0.5) is 4.20 Å². The third kappa shape index (κ3) is 12.8. The van der Waals surface area contributed by atoms with Crippen LogP contribution in [0.5, 0.6) is 0 Å². The molecule has 2 radical (unpaired) electrons. The van der Waals surface area contributed by atoms with Crippen LogP contribution in [0.15, 0.2) is 0 Å². The summed E-state index contributed by atoms with van der Waals surface area (Å²) in [4.78, 5) is 0. The van der Waals surface area contributed by atoms with Crippen LogP contribution >= 0.6 is 7.68 Å². The Bertz CT molecular complexity index is 111. The Hall–Kier alpha value is 1.69. The second-order valence-electron chi connectivity index (χ2n) is 1.90. The summed E-state index contributed by atoms with van der Waals surface area (Å²) < 4.78 is 26.4. The molecular formula is C4H10BaFO2P. The Labute approximate surface area is 95.2 Å². The standard InChI is InChI=1S/C4H10FO2P.Ba/c1-4(2)7-8(3,5)6;/h4H,1-3H3;. The molecule has 0 aromatic rings. The number of rotatable bonds is 2. The normalized spacial score (nSPS) is 16.6. The molecule has 1 unspecified atom stereocenters. The van der Waals surface area contributed by atoms with Gasteiger partial charge in [-0.3, -0.25) is 4.57 Å². The van der Waals surface area contributed by atoms with Crippen molar-refractivity contribution in [3.05, 3.63) is 0 Å². The van der Waals surface area contributed by atoms with E-state index in [2.05, 4.69) is 4.52 Å². The Morgan fingerprint density at radius 2 is 1.89 bits per heavy atom. The van der Waals surface area contributed by atoms with E-state index in [1.165, 1.54) is 0 Å². The van der Waals surface area contributed by atoms with E-state index in [0.29, 0.717) is 0 Å². The van der Waals surface area contributed by atoms with E-state index in [1.807, 2.05) is 0 Å². The first-order chi connectivity index (χ1) is 3.42. The van der Waals surface area contributed by atoms with Gasteiger partial charge < -0.3 is 4.52 Å². The Kier molecular flexibility index (Phi) is 7.91. The van der Waals surface area contributed by atoms with E-state index in [4.69, 9.17) is 0 Å². The molecule has 0 saturated heterocycles. The van der Waals surface area contributed by atoms with Crippen LogP contribution in [0.3, 0.4) is 0 Å². The molecule has 0 aliphatic rings. The van der Waals surface area contributed by atoms with Crippen molar-refractivity contribution in [3.8, 4) is 0 Å². The fraction of sp³-hybridized carbons (Fsp3) is 1.00. The predicted octanol–water partition coefficient (Wildman–Crippen LogP) is 1.82. The van der Waals surface area contributed by atoms with E-state index < -0.39 is 7.68 Å². The van der Waals surface area contributed by atoms with Crippen molar-refractivity contribution in [1.82, 2.24) is 0 Å². The van der Waals surface area contributed by atoms with E-state index in [1.54, 1.807) is 13.8 Å². The molecule has 0 rings (SSSR count). The number of halogens is 1. The molecule has 0 spiro atoms. The van der Waals surface area contributed by atoms with Gasteiger partial charge in [0.25, 0.3) is 0 Å². The van der Waals surface area contributed by atoms with Gasteiger partial charge in [-0.1, -0.05) is 0 Å². The minimum Gasteiger partial charge on any atom is -0.303 e. The Morgan fingerprint density at radius 3 is 1.89 bits per heavy atom. The van der Waals surface area contributed by atoms with Gasteiger partial charge in [0, 0.05) is 55.5 Å². The summed E-state index contributed by atoms with van der Waals surface area (Å²) in [7, 11) is -3.72. The van der Waals surface area contributed by atoms with Gasteiger partial charge in [-0.05, 0) is 13.8 Å². The summed E-state index contributed by atoms with van der Waals surface area (Å²) in [6.45, 7) is 4.22. The van der Waals surface area contributed by atoms with Crippen LogP contribution in [0, 0.1) is 0 Å². The zero-order chi connectivity index (χ0) is 6.78. The van der Waals surface area contributed by atoms with Crippen LogP contribution in [0.1, 0.15) is 13.8 Å². The van der Waals surface area contributed by atoms with Crippen LogP contribution < -0.4 is 0 Å². The fourth-order valence-corrected chi connectivity index (χ4v) is 1.13. The first-order valence-electron chi connectivity index (χ1n) is 2.37. The zero-order valence-electron chi connectivity index (χ0n) is 5.93. The number of hydrogen-bond donors (Lipinski definition) is 0. The SMILES string of the molecule is CC(C)OP(C)(=O)F.[Ba]. The third-order valence-electron chi connectivity index (χ3n) is 0.399. The molecule has 0 N–H and O–H groups in total. The first kappa shape index (κ1) is 13.3. The van der Waals surface area contributed by atoms with Crippen LogP contribution in [-0.2, 0) is 9.09 Å². The quantitative estimate of drug-likeness (QED) is 0.568. The second-order valence-corrected chi connectivity index (χ2v) is 3.61. The largest absolute Gasteiger partial charge is 0.364 e. The second kappa shape index (κ2) is 5.36. The summed E-state index contributed by atoms with van der Waals surface area (Å²) in [6, 6.07) is 0. The van der Waals surface area contributed by atoms with E-state index >= 15 is 0 Å².